The Morgan fingerprint density at radius 3 is 2.57 bits per heavy atom. The van der Waals surface area contributed by atoms with Crippen molar-refractivity contribution in [2.45, 2.75) is 51.7 Å². The van der Waals surface area contributed by atoms with E-state index in [1.54, 1.807) is 24.1 Å². The van der Waals surface area contributed by atoms with Crippen LogP contribution in [-0.4, -0.2) is 52.0 Å². The van der Waals surface area contributed by atoms with E-state index in [0.29, 0.717) is 18.0 Å². The van der Waals surface area contributed by atoms with Crippen LogP contribution in [0.3, 0.4) is 0 Å². The van der Waals surface area contributed by atoms with Crippen molar-refractivity contribution in [3.8, 4) is 5.75 Å². The zero-order chi connectivity index (χ0) is 21.7. The Morgan fingerprint density at radius 2 is 1.97 bits per heavy atom. The highest BCUT2D eigenvalue weighted by Crippen LogP contribution is 2.29. The fraction of sp³-hybridized carbons (Fsp3) is 0.478. The molecule has 1 aromatic heterocycles. The Bertz CT molecular complexity index is 875. The van der Waals surface area contributed by atoms with Crippen LogP contribution in [0, 0.1) is 0 Å². The first kappa shape index (κ1) is 21.7. The minimum absolute atomic E-state index is 0.0193. The van der Waals surface area contributed by atoms with Crippen molar-refractivity contribution in [2.24, 2.45) is 7.05 Å². The summed E-state index contributed by atoms with van der Waals surface area (Å²) in [6.45, 7) is 4.60. The van der Waals surface area contributed by atoms with Gasteiger partial charge in [-0.2, -0.15) is 0 Å². The minimum atomic E-state index is -0.295. The van der Waals surface area contributed by atoms with E-state index in [9.17, 15) is 9.59 Å². The molecule has 3 rings (SSSR count). The van der Waals surface area contributed by atoms with E-state index in [1.807, 2.05) is 60.8 Å². The molecule has 1 aliphatic rings. The van der Waals surface area contributed by atoms with E-state index in [4.69, 9.17) is 4.74 Å². The Morgan fingerprint density at radius 1 is 1.23 bits per heavy atom. The first-order valence-corrected chi connectivity index (χ1v) is 10.5. The maximum Gasteiger partial charge on any atom is 0.322 e. The lowest BCUT2D eigenvalue weighted by molar-refractivity contribution is -0.133. The molecule has 0 saturated heterocycles. The minimum Gasteiger partial charge on any atom is -0.495 e. The topological polar surface area (TPSA) is 66.8 Å². The van der Waals surface area contributed by atoms with E-state index < -0.39 is 0 Å². The quantitative estimate of drug-likeness (QED) is 0.680. The fourth-order valence-electron chi connectivity index (χ4n) is 3.46. The Balaban J connectivity index is 1.73. The molecule has 30 heavy (non-hydrogen) atoms. The molecular formula is C23H32N4O3. The molecule has 1 fully saturated rings. The van der Waals surface area contributed by atoms with Crippen LogP contribution in [0.5, 0.6) is 5.75 Å². The van der Waals surface area contributed by atoms with Crippen molar-refractivity contribution >= 4 is 17.6 Å². The van der Waals surface area contributed by atoms with E-state index in [1.165, 1.54) is 0 Å². The van der Waals surface area contributed by atoms with Gasteiger partial charge >= 0.3 is 6.03 Å². The summed E-state index contributed by atoms with van der Waals surface area (Å²) in [7, 11) is 3.55. The fourth-order valence-corrected chi connectivity index (χ4v) is 3.46. The number of hydrogen-bond acceptors (Lipinski definition) is 3. The molecular weight excluding hydrogens is 380 g/mol. The number of anilines is 1. The molecule has 3 amide bonds. The summed E-state index contributed by atoms with van der Waals surface area (Å²) in [5.74, 6) is 0.568. The van der Waals surface area contributed by atoms with Gasteiger partial charge in [0, 0.05) is 31.0 Å². The molecule has 0 bridgehead atoms. The molecule has 7 heteroatoms. The summed E-state index contributed by atoms with van der Waals surface area (Å²) >= 11 is 0. The zero-order valence-corrected chi connectivity index (χ0v) is 18.3. The third-order valence-electron chi connectivity index (χ3n) is 5.73. The van der Waals surface area contributed by atoms with Gasteiger partial charge in [-0.1, -0.05) is 19.1 Å². The number of benzene rings is 1. The average Bonchev–Trinajstić information content (AvgIpc) is 3.51. The van der Waals surface area contributed by atoms with Crippen LogP contribution in [0.15, 0.2) is 42.6 Å². The molecule has 1 aliphatic carbocycles. The Labute approximate surface area is 178 Å². The van der Waals surface area contributed by atoms with Gasteiger partial charge in [0.1, 0.15) is 12.3 Å². The summed E-state index contributed by atoms with van der Waals surface area (Å²) in [4.78, 5) is 29.9. The SMILES string of the molecule is CC[C@H](C)N(CC(=O)N(Cc1cccn1C)C1CC1)C(=O)Nc1ccccc1OC. The van der Waals surface area contributed by atoms with Crippen LogP contribution in [0.4, 0.5) is 10.5 Å². The molecule has 1 aromatic carbocycles. The smallest absolute Gasteiger partial charge is 0.322 e. The molecule has 2 aromatic rings. The number of amides is 3. The monoisotopic (exact) mass is 412 g/mol. The maximum atomic E-state index is 13.2. The highest BCUT2D eigenvalue weighted by molar-refractivity contribution is 5.93. The first-order chi connectivity index (χ1) is 14.4. The maximum absolute atomic E-state index is 13.2. The van der Waals surface area contributed by atoms with E-state index in [0.717, 1.165) is 25.0 Å². The third-order valence-corrected chi connectivity index (χ3v) is 5.73. The number of nitrogens with zero attached hydrogens (tertiary/aromatic N) is 3. The van der Waals surface area contributed by atoms with E-state index in [-0.39, 0.29) is 30.6 Å². The van der Waals surface area contributed by atoms with Crippen molar-refractivity contribution in [1.82, 2.24) is 14.4 Å². The van der Waals surface area contributed by atoms with Gasteiger partial charge in [-0.15, -0.1) is 0 Å². The molecule has 7 nitrogen and oxygen atoms in total. The molecule has 0 unspecified atom stereocenters. The van der Waals surface area contributed by atoms with Gasteiger partial charge in [0.15, 0.2) is 0 Å². The molecule has 1 N–H and O–H groups in total. The first-order valence-electron chi connectivity index (χ1n) is 10.5. The second kappa shape index (κ2) is 9.69. The normalized spacial score (nSPS) is 14.1. The standard InChI is InChI=1S/C23H32N4O3/c1-5-17(2)26(23(29)24-20-10-6-7-11-21(20)30-4)16-22(28)27(18-12-13-18)15-19-9-8-14-25(19)3/h6-11,14,17-18H,5,12-13,15-16H2,1-4H3,(H,24,29)/t17-/m0/s1. The number of nitrogens with one attached hydrogen (secondary N) is 1. The van der Waals surface area contributed by atoms with E-state index >= 15 is 0 Å². The lowest BCUT2D eigenvalue weighted by Gasteiger charge is -2.31. The van der Waals surface area contributed by atoms with Gasteiger partial charge in [0.25, 0.3) is 0 Å². The second-order valence-electron chi connectivity index (χ2n) is 7.88. The number of ether oxygens (including phenoxy) is 1. The van der Waals surface area contributed by atoms with Crippen LogP contribution in [0.25, 0.3) is 0 Å². The molecule has 1 heterocycles. The number of methoxy groups -OCH3 is 1. The zero-order valence-electron chi connectivity index (χ0n) is 18.3. The summed E-state index contributed by atoms with van der Waals surface area (Å²) in [5.41, 5.74) is 1.68. The number of rotatable bonds is 9. The molecule has 1 saturated carbocycles. The van der Waals surface area contributed by atoms with Crippen LogP contribution >= 0.6 is 0 Å². The van der Waals surface area contributed by atoms with Gasteiger partial charge in [-0.3, -0.25) is 4.79 Å². The predicted molar refractivity (Wildman–Crippen MR) is 117 cm³/mol. The summed E-state index contributed by atoms with van der Waals surface area (Å²) in [5, 5.41) is 2.91. The van der Waals surface area contributed by atoms with Gasteiger partial charge in [-0.05, 0) is 50.5 Å². The Hall–Kier alpha value is -2.96. The number of urea groups is 1. The van der Waals surface area contributed by atoms with Gasteiger partial charge < -0.3 is 24.4 Å². The van der Waals surface area contributed by atoms with Crippen molar-refractivity contribution in [1.29, 1.82) is 0 Å². The summed E-state index contributed by atoms with van der Waals surface area (Å²) in [6.07, 6.45) is 4.78. The molecule has 0 radical (unpaired) electrons. The lowest BCUT2D eigenvalue weighted by atomic mass is 10.2. The number of carbonyl (C=O) groups excluding carboxylic acids is 2. The lowest BCUT2D eigenvalue weighted by Crippen LogP contribution is -2.48. The van der Waals surface area contributed by atoms with Gasteiger partial charge in [0.05, 0.1) is 19.3 Å². The second-order valence-corrected chi connectivity index (χ2v) is 7.88. The number of aryl methyl sites for hydroxylation is 1. The van der Waals surface area contributed by atoms with Crippen LogP contribution in [0.2, 0.25) is 0 Å². The third kappa shape index (κ3) is 5.14. The number of carbonyl (C=O) groups is 2. The van der Waals surface area contributed by atoms with Crippen LogP contribution < -0.4 is 10.1 Å². The average molecular weight is 413 g/mol. The highest BCUT2D eigenvalue weighted by Gasteiger charge is 2.35. The van der Waals surface area contributed by atoms with Crippen molar-refractivity contribution in [3.63, 3.8) is 0 Å². The highest BCUT2D eigenvalue weighted by atomic mass is 16.5. The number of aromatic nitrogens is 1. The molecule has 0 aliphatic heterocycles. The summed E-state index contributed by atoms with van der Waals surface area (Å²) < 4.78 is 7.36. The summed E-state index contributed by atoms with van der Waals surface area (Å²) in [6, 6.07) is 11.2. The van der Waals surface area contributed by atoms with Crippen LogP contribution in [0.1, 0.15) is 38.8 Å². The molecule has 0 spiro atoms. The van der Waals surface area contributed by atoms with E-state index in [2.05, 4.69) is 5.32 Å². The predicted octanol–water partition coefficient (Wildman–Crippen LogP) is 3.86. The largest absolute Gasteiger partial charge is 0.495 e. The van der Waals surface area contributed by atoms with Crippen LogP contribution in [-0.2, 0) is 18.4 Å². The van der Waals surface area contributed by atoms with Crippen molar-refractivity contribution < 1.29 is 14.3 Å². The van der Waals surface area contributed by atoms with Crippen molar-refractivity contribution in [2.75, 3.05) is 19.0 Å². The van der Waals surface area contributed by atoms with Gasteiger partial charge in [-0.25, -0.2) is 4.79 Å². The number of hydrogen-bond donors (Lipinski definition) is 1. The van der Waals surface area contributed by atoms with Crippen molar-refractivity contribution in [3.05, 3.63) is 48.3 Å². The number of para-hydroxylation sites is 2. The Kier molecular flexibility index (Phi) is 7.03. The molecule has 1 atom stereocenters. The molecule has 162 valence electrons. The van der Waals surface area contributed by atoms with Gasteiger partial charge in [0.2, 0.25) is 5.91 Å².